The maximum Gasteiger partial charge on any atom is 0.240 e. The van der Waals surface area contributed by atoms with Crippen LogP contribution in [0.15, 0.2) is 29.2 Å². The van der Waals surface area contributed by atoms with E-state index in [2.05, 4.69) is 10.0 Å². The van der Waals surface area contributed by atoms with Gasteiger partial charge in [0, 0.05) is 31.2 Å². The van der Waals surface area contributed by atoms with Crippen LogP contribution in [-0.4, -0.2) is 44.3 Å². The number of likely N-dealkylation sites (tertiary alicyclic amines) is 1. The summed E-state index contributed by atoms with van der Waals surface area (Å²) in [7, 11) is -3.52. The molecule has 0 unspecified atom stereocenters. The number of rotatable bonds is 7. The third-order valence-corrected chi connectivity index (χ3v) is 5.60. The van der Waals surface area contributed by atoms with Gasteiger partial charge < -0.3 is 10.2 Å². The van der Waals surface area contributed by atoms with Crippen molar-refractivity contribution in [2.24, 2.45) is 5.92 Å². The Hall–Kier alpha value is -1.93. The van der Waals surface area contributed by atoms with Gasteiger partial charge in [-0.25, -0.2) is 13.1 Å². The Balaban J connectivity index is 2.00. The molecule has 1 aliphatic rings. The first-order valence-corrected chi connectivity index (χ1v) is 9.93. The molecular formula is C17H25N3O4S. The van der Waals surface area contributed by atoms with Crippen LogP contribution < -0.4 is 10.0 Å². The van der Waals surface area contributed by atoms with E-state index in [9.17, 15) is 18.0 Å². The van der Waals surface area contributed by atoms with E-state index >= 15 is 0 Å². The summed E-state index contributed by atoms with van der Waals surface area (Å²) >= 11 is 0. The molecule has 1 aliphatic heterocycles. The molecule has 1 atom stereocenters. The number of carbonyl (C=O) groups excluding carboxylic acids is 2. The second-order valence-electron chi connectivity index (χ2n) is 6.45. The lowest BCUT2D eigenvalue weighted by atomic mass is 10.1. The lowest BCUT2D eigenvalue weighted by Crippen LogP contribution is -2.33. The SMILES string of the molecule is CCCNS(=O)(=O)c1ccc(NC(=O)[C@@H]2CC(=O)N(C(C)C)C2)cc1. The van der Waals surface area contributed by atoms with Crippen LogP contribution in [0.1, 0.15) is 33.6 Å². The smallest absolute Gasteiger partial charge is 0.240 e. The van der Waals surface area contributed by atoms with Gasteiger partial charge in [0.25, 0.3) is 0 Å². The minimum absolute atomic E-state index is 0.0152. The Morgan fingerprint density at radius 1 is 1.28 bits per heavy atom. The number of benzene rings is 1. The number of nitrogens with one attached hydrogen (secondary N) is 2. The summed E-state index contributed by atoms with van der Waals surface area (Å²) in [5, 5.41) is 2.75. The second kappa shape index (κ2) is 7.97. The summed E-state index contributed by atoms with van der Waals surface area (Å²) in [5.41, 5.74) is 0.509. The molecule has 0 bridgehead atoms. The lowest BCUT2D eigenvalue weighted by molar-refractivity contribution is -0.129. The van der Waals surface area contributed by atoms with Crippen molar-refractivity contribution in [3.05, 3.63) is 24.3 Å². The molecule has 8 heteroatoms. The molecule has 1 fully saturated rings. The fraction of sp³-hybridized carbons (Fsp3) is 0.529. The topological polar surface area (TPSA) is 95.6 Å². The molecule has 1 saturated heterocycles. The summed E-state index contributed by atoms with van der Waals surface area (Å²) in [4.78, 5) is 26.1. The summed E-state index contributed by atoms with van der Waals surface area (Å²) in [6, 6.07) is 6.08. The van der Waals surface area contributed by atoms with E-state index in [1.807, 2.05) is 20.8 Å². The molecule has 2 N–H and O–H groups in total. The van der Waals surface area contributed by atoms with E-state index in [0.29, 0.717) is 25.2 Å². The zero-order valence-electron chi connectivity index (χ0n) is 14.8. The Kier molecular flexibility index (Phi) is 6.18. The molecule has 1 heterocycles. The first-order chi connectivity index (χ1) is 11.7. The molecule has 2 amide bonds. The number of hydrogen-bond acceptors (Lipinski definition) is 4. The van der Waals surface area contributed by atoms with Gasteiger partial charge in [-0.3, -0.25) is 9.59 Å². The number of nitrogens with zero attached hydrogens (tertiary/aromatic N) is 1. The van der Waals surface area contributed by atoms with Crippen LogP contribution >= 0.6 is 0 Å². The first-order valence-electron chi connectivity index (χ1n) is 8.44. The van der Waals surface area contributed by atoms with Crippen LogP contribution in [0.4, 0.5) is 5.69 Å². The standard InChI is InChI=1S/C17H25N3O4S/c1-4-9-18-25(23,24)15-7-5-14(6-8-15)19-17(22)13-10-16(21)20(11-13)12(2)3/h5-8,12-13,18H,4,9-11H2,1-3H3,(H,19,22)/t13-/m1/s1. The van der Waals surface area contributed by atoms with Crippen molar-refractivity contribution >= 4 is 27.5 Å². The predicted molar refractivity (Wildman–Crippen MR) is 95.5 cm³/mol. The summed E-state index contributed by atoms with van der Waals surface area (Å²) in [6.07, 6.45) is 0.915. The maximum atomic E-state index is 12.3. The predicted octanol–water partition coefficient (Wildman–Crippen LogP) is 1.57. The molecule has 0 radical (unpaired) electrons. The zero-order valence-corrected chi connectivity index (χ0v) is 15.6. The quantitative estimate of drug-likeness (QED) is 0.765. The average Bonchev–Trinajstić information content (AvgIpc) is 2.96. The van der Waals surface area contributed by atoms with Crippen LogP contribution in [0.2, 0.25) is 0 Å². The highest BCUT2D eigenvalue weighted by Gasteiger charge is 2.35. The molecule has 1 aromatic rings. The van der Waals surface area contributed by atoms with Crippen LogP contribution in [0, 0.1) is 5.92 Å². The first kappa shape index (κ1) is 19.4. The number of carbonyl (C=O) groups is 2. The molecule has 7 nitrogen and oxygen atoms in total. The van der Waals surface area contributed by atoms with Crippen LogP contribution in [0.25, 0.3) is 0 Å². The lowest BCUT2D eigenvalue weighted by Gasteiger charge is -2.20. The van der Waals surface area contributed by atoms with Crippen molar-refractivity contribution in [3.8, 4) is 0 Å². The summed E-state index contributed by atoms with van der Waals surface area (Å²) < 4.78 is 26.5. The van der Waals surface area contributed by atoms with E-state index in [1.54, 1.807) is 17.0 Å². The fourth-order valence-corrected chi connectivity index (χ4v) is 3.82. The molecule has 138 valence electrons. The van der Waals surface area contributed by atoms with Crippen molar-refractivity contribution in [3.63, 3.8) is 0 Å². The van der Waals surface area contributed by atoms with Gasteiger partial charge in [0.15, 0.2) is 0 Å². The highest BCUT2D eigenvalue weighted by molar-refractivity contribution is 7.89. The van der Waals surface area contributed by atoms with Crippen LogP contribution in [-0.2, 0) is 19.6 Å². The molecule has 25 heavy (non-hydrogen) atoms. The summed E-state index contributed by atoms with van der Waals surface area (Å²) in [5.74, 6) is -0.626. The van der Waals surface area contributed by atoms with Gasteiger partial charge in [0.05, 0.1) is 10.8 Å². The Labute approximate surface area is 148 Å². The number of sulfonamides is 1. The molecule has 0 spiro atoms. The van der Waals surface area contributed by atoms with E-state index in [-0.39, 0.29) is 35.1 Å². The minimum Gasteiger partial charge on any atom is -0.339 e. The van der Waals surface area contributed by atoms with Crippen LogP contribution in [0.5, 0.6) is 0 Å². The molecule has 0 aromatic heterocycles. The fourth-order valence-electron chi connectivity index (χ4n) is 2.69. The van der Waals surface area contributed by atoms with Gasteiger partial charge in [0.1, 0.15) is 0 Å². The van der Waals surface area contributed by atoms with Crippen molar-refractivity contribution < 1.29 is 18.0 Å². The van der Waals surface area contributed by atoms with Gasteiger partial charge in [-0.05, 0) is 44.5 Å². The Morgan fingerprint density at radius 2 is 1.92 bits per heavy atom. The highest BCUT2D eigenvalue weighted by atomic mass is 32.2. The molecule has 0 aliphatic carbocycles. The maximum absolute atomic E-state index is 12.3. The highest BCUT2D eigenvalue weighted by Crippen LogP contribution is 2.22. The third-order valence-electron chi connectivity index (χ3n) is 4.13. The second-order valence-corrected chi connectivity index (χ2v) is 8.22. The van der Waals surface area contributed by atoms with E-state index in [1.165, 1.54) is 12.1 Å². The normalized spacial score (nSPS) is 18.0. The summed E-state index contributed by atoms with van der Waals surface area (Å²) in [6.45, 7) is 6.52. The number of anilines is 1. The zero-order chi connectivity index (χ0) is 18.6. The van der Waals surface area contributed by atoms with Gasteiger partial charge in [-0.1, -0.05) is 6.92 Å². The van der Waals surface area contributed by atoms with Gasteiger partial charge >= 0.3 is 0 Å². The van der Waals surface area contributed by atoms with E-state index in [0.717, 1.165) is 0 Å². The van der Waals surface area contributed by atoms with Crippen molar-refractivity contribution in [1.82, 2.24) is 9.62 Å². The molecule has 2 rings (SSSR count). The number of amides is 2. The van der Waals surface area contributed by atoms with E-state index in [4.69, 9.17) is 0 Å². The van der Waals surface area contributed by atoms with Crippen molar-refractivity contribution in [2.75, 3.05) is 18.4 Å². The van der Waals surface area contributed by atoms with Gasteiger partial charge in [-0.2, -0.15) is 0 Å². The van der Waals surface area contributed by atoms with Gasteiger partial charge in [0.2, 0.25) is 21.8 Å². The molecule has 1 aromatic carbocycles. The Morgan fingerprint density at radius 3 is 2.44 bits per heavy atom. The molecule has 0 saturated carbocycles. The minimum atomic E-state index is -3.52. The van der Waals surface area contributed by atoms with Gasteiger partial charge in [-0.15, -0.1) is 0 Å². The average molecular weight is 367 g/mol. The third kappa shape index (κ3) is 4.79. The Bertz CT molecular complexity index is 729. The van der Waals surface area contributed by atoms with E-state index < -0.39 is 10.0 Å². The monoisotopic (exact) mass is 367 g/mol. The van der Waals surface area contributed by atoms with Crippen molar-refractivity contribution in [1.29, 1.82) is 0 Å². The molecular weight excluding hydrogens is 342 g/mol. The van der Waals surface area contributed by atoms with Crippen LogP contribution in [0.3, 0.4) is 0 Å². The number of hydrogen-bond donors (Lipinski definition) is 2. The van der Waals surface area contributed by atoms with Crippen molar-refractivity contribution in [2.45, 2.75) is 44.6 Å². The largest absolute Gasteiger partial charge is 0.339 e.